The van der Waals surface area contributed by atoms with Crippen LogP contribution in [0.1, 0.15) is 15.9 Å². The Kier molecular flexibility index (Phi) is 4.49. The van der Waals surface area contributed by atoms with Crippen LogP contribution in [0.25, 0.3) is 0 Å². The summed E-state index contributed by atoms with van der Waals surface area (Å²) in [6.07, 6.45) is 2.45. The Morgan fingerprint density at radius 3 is 2.71 bits per heavy atom. The van der Waals surface area contributed by atoms with E-state index < -0.39 is 16.5 Å². The van der Waals surface area contributed by atoms with Crippen LogP contribution in [0.15, 0.2) is 29.0 Å². The van der Waals surface area contributed by atoms with Gasteiger partial charge in [-0.2, -0.15) is 0 Å². The van der Waals surface area contributed by atoms with E-state index in [2.05, 4.69) is 31.2 Å². The van der Waals surface area contributed by atoms with Crippen LogP contribution in [-0.4, -0.2) is 20.8 Å². The van der Waals surface area contributed by atoms with Gasteiger partial charge >= 0.3 is 0 Å². The fraction of sp³-hybridized carbons (Fsp3) is 0.0833. The smallest absolute Gasteiger partial charge is 0.300 e. The van der Waals surface area contributed by atoms with Gasteiger partial charge in [0.1, 0.15) is 22.7 Å². The molecule has 0 radical (unpaired) electrons. The first kappa shape index (κ1) is 15.3. The quantitative estimate of drug-likeness (QED) is 0.507. The lowest BCUT2D eigenvalue weighted by Crippen LogP contribution is -2.16. The fourth-order valence-corrected chi connectivity index (χ4v) is 2.20. The minimum atomic E-state index is -0.694. The minimum absolute atomic E-state index is 0.00811. The molecular weight excluding hydrogens is 364 g/mol. The van der Waals surface area contributed by atoms with E-state index in [-0.39, 0.29) is 10.7 Å². The second-order valence-electron chi connectivity index (χ2n) is 4.05. The number of nitro groups is 1. The van der Waals surface area contributed by atoms with Crippen LogP contribution in [0.2, 0.25) is 5.15 Å². The third kappa shape index (κ3) is 3.53. The van der Waals surface area contributed by atoms with Crippen LogP contribution in [-0.2, 0) is 0 Å². The van der Waals surface area contributed by atoms with Crippen molar-refractivity contribution in [2.45, 2.75) is 6.92 Å². The second-order valence-corrected chi connectivity index (χ2v) is 5.36. The van der Waals surface area contributed by atoms with E-state index in [0.29, 0.717) is 11.4 Å². The van der Waals surface area contributed by atoms with Gasteiger partial charge in [0.25, 0.3) is 11.6 Å². The van der Waals surface area contributed by atoms with E-state index in [1.165, 1.54) is 6.20 Å². The van der Waals surface area contributed by atoms with Gasteiger partial charge in [0.05, 0.1) is 4.92 Å². The van der Waals surface area contributed by atoms with Crippen molar-refractivity contribution in [3.63, 3.8) is 0 Å². The van der Waals surface area contributed by atoms with Crippen LogP contribution in [0.3, 0.4) is 0 Å². The number of carbonyl (C=O) groups is 1. The monoisotopic (exact) mass is 370 g/mol. The fourth-order valence-electron chi connectivity index (χ4n) is 1.60. The average Bonchev–Trinajstić information content (AvgIpc) is 2.41. The molecule has 0 spiro atoms. The zero-order chi connectivity index (χ0) is 15.6. The molecule has 0 saturated carbocycles. The lowest BCUT2D eigenvalue weighted by Gasteiger charge is -2.08. The van der Waals surface area contributed by atoms with Gasteiger partial charge < -0.3 is 5.32 Å². The summed E-state index contributed by atoms with van der Waals surface area (Å²) < 4.78 is 0.760. The summed E-state index contributed by atoms with van der Waals surface area (Å²) in [5.74, 6) is -0.366. The molecule has 0 unspecified atom stereocenters. The standard InChI is InChI=1S/C12H8BrClN4O3/c1-6-2-7(13)4-16-11(6)17-12(19)8-3-10(14)15-5-9(8)18(20)21/h2-5H,1H3,(H,16,17,19). The summed E-state index contributed by atoms with van der Waals surface area (Å²) in [6.45, 7) is 1.75. The molecule has 1 amide bonds. The number of nitrogens with one attached hydrogen (secondary N) is 1. The molecule has 2 heterocycles. The normalized spacial score (nSPS) is 10.2. The van der Waals surface area contributed by atoms with E-state index in [1.54, 1.807) is 13.0 Å². The highest BCUT2D eigenvalue weighted by molar-refractivity contribution is 9.10. The molecule has 2 aromatic heterocycles. The van der Waals surface area contributed by atoms with Crippen molar-refractivity contribution in [2.75, 3.05) is 5.32 Å². The van der Waals surface area contributed by atoms with E-state index in [9.17, 15) is 14.9 Å². The number of aromatic nitrogens is 2. The molecule has 0 aromatic carbocycles. The molecule has 108 valence electrons. The zero-order valence-corrected chi connectivity index (χ0v) is 13.0. The summed E-state index contributed by atoms with van der Waals surface area (Å²) >= 11 is 8.94. The van der Waals surface area contributed by atoms with Gasteiger partial charge in [-0.15, -0.1) is 0 Å². The molecule has 2 aromatic rings. The van der Waals surface area contributed by atoms with E-state index in [0.717, 1.165) is 16.7 Å². The van der Waals surface area contributed by atoms with Crippen LogP contribution < -0.4 is 5.32 Å². The lowest BCUT2D eigenvalue weighted by atomic mass is 10.2. The minimum Gasteiger partial charge on any atom is -0.306 e. The molecule has 0 saturated heterocycles. The largest absolute Gasteiger partial charge is 0.306 e. The predicted molar refractivity (Wildman–Crippen MR) is 80.5 cm³/mol. The first-order valence-electron chi connectivity index (χ1n) is 5.62. The van der Waals surface area contributed by atoms with Gasteiger partial charge in [-0.05, 0) is 40.5 Å². The summed E-state index contributed by atoms with van der Waals surface area (Å²) in [7, 11) is 0. The van der Waals surface area contributed by atoms with Crippen molar-refractivity contribution in [3.05, 3.63) is 55.4 Å². The van der Waals surface area contributed by atoms with Crippen molar-refractivity contribution in [2.24, 2.45) is 0 Å². The summed E-state index contributed by atoms with van der Waals surface area (Å²) in [5.41, 5.74) is 0.108. The van der Waals surface area contributed by atoms with Crippen molar-refractivity contribution in [3.8, 4) is 0 Å². The molecule has 0 aliphatic heterocycles. The van der Waals surface area contributed by atoms with Crippen LogP contribution in [0.5, 0.6) is 0 Å². The Morgan fingerprint density at radius 1 is 1.38 bits per heavy atom. The SMILES string of the molecule is Cc1cc(Br)cnc1NC(=O)c1cc(Cl)ncc1[N+](=O)[O-]. The Hall–Kier alpha value is -2.06. The highest BCUT2D eigenvalue weighted by atomic mass is 79.9. The van der Waals surface area contributed by atoms with E-state index in [1.807, 2.05) is 0 Å². The Bertz CT molecular complexity index is 738. The lowest BCUT2D eigenvalue weighted by molar-refractivity contribution is -0.385. The molecule has 1 N–H and O–H groups in total. The van der Waals surface area contributed by atoms with Crippen molar-refractivity contribution in [1.82, 2.24) is 9.97 Å². The summed E-state index contributed by atoms with van der Waals surface area (Å²) in [5, 5.41) is 13.4. The maximum Gasteiger partial charge on any atom is 0.300 e. The first-order valence-corrected chi connectivity index (χ1v) is 6.79. The number of nitrogens with zero attached hydrogens (tertiary/aromatic N) is 3. The molecule has 7 nitrogen and oxygen atoms in total. The maximum absolute atomic E-state index is 12.2. The molecule has 0 bridgehead atoms. The van der Waals surface area contributed by atoms with Crippen molar-refractivity contribution < 1.29 is 9.72 Å². The molecule has 0 aliphatic carbocycles. The molecule has 21 heavy (non-hydrogen) atoms. The van der Waals surface area contributed by atoms with Crippen LogP contribution >= 0.6 is 27.5 Å². The number of amides is 1. The van der Waals surface area contributed by atoms with E-state index >= 15 is 0 Å². The molecule has 0 aliphatic rings. The van der Waals surface area contributed by atoms with Crippen molar-refractivity contribution in [1.29, 1.82) is 0 Å². The van der Waals surface area contributed by atoms with Crippen LogP contribution in [0.4, 0.5) is 11.5 Å². The predicted octanol–water partition coefficient (Wildman–Crippen LogP) is 3.36. The summed E-state index contributed by atoms with van der Waals surface area (Å²) in [6, 6.07) is 2.90. The Morgan fingerprint density at radius 2 is 2.10 bits per heavy atom. The second kappa shape index (κ2) is 6.15. The number of anilines is 1. The van der Waals surface area contributed by atoms with Gasteiger partial charge in [-0.1, -0.05) is 11.6 Å². The number of hydrogen-bond acceptors (Lipinski definition) is 5. The molecule has 2 rings (SSSR count). The van der Waals surface area contributed by atoms with Crippen LogP contribution in [0, 0.1) is 17.0 Å². The van der Waals surface area contributed by atoms with Gasteiger partial charge in [-0.25, -0.2) is 9.97 Å². The zero-order valence-electron chi connectivity index (χ0n) is 10.6. The molecule has 9 heteroatoms. The third-order valence-corrected chi connectivity index (χ3v) is 3.21. The molecule has 0 atom stereocenters. The number of rotatable bonds is 3. The average molecular weight is 372 g/mol. The number of pyridine rings is 2. The van der Waals surface area contributed by atoms with E-state index in [4.69, 9.17) is 11.6 Å². The number of halogens is 2. The summed E-state index contributed by atoms with van der Waals surface area (Å²) in [4.78, 5) is 30.0. The molecular formula is C12H8BrClN4O3. The molecule has 0 fully saturated rings. The topological polar surface area (TPSA) is 98.0 Å². The highest BCUT2D eigenvalue weighted by Gasteiger charge is 2.22. The van der Waals surface area contributed by atoms with Gasteiger partial charge in [0.2, 0.25) is 0 Å². The van der Waals surface area contributed by atoms with Gasteiger partial charge in [0, 0.05) is 10.7 Å². The maximum atomic E-state index is 12.2. The van der Waals surface area contributed by atoms with Gasteiger partial charge in [0.15, 0.2) is 0 Å². The van der Waals surface area contributed by atoms with Gasteiger partial charge in [-0.3, -0.25) is 14.9 Å². The Balaban J connectivity index is 2.36. The first-order chi connectivity index (χ1) is 9.88. The third-order valence-electron chi connectivity index (χ3n) is 2.57. The number of hydrogen-bond donors (Lipinski definition) is 1. The number of carbonyl (C=O) groups excluding carboxylic acids is 1. The number of aryl methyl sites for hydroxylation is 1. The highest BCUT2D eigenvalue weighted by Crippen LogP contribution is 2.23. The Labute approximate surface area is 132 Å². The van der Waals surface area contributed by atoms with Crippen molar-refractivity contribution >= 4 is 44.9 Å².